The molecule has 0 spiro atoms. The molecule has 1 atom stereocenters. The minimum absolute atomic E-state index is 0.396. The van der Waals surface area contributed by atoms with Crippen LogP contribution in [-0.2, 0) is 11.1 Å². The molecule has 4 heteroatoms. The molecule has 0 saturated heterocycles. The van der Waals surface area contributed by atoms with Gasteiger partial charge in [0.15, 0.2) is 11.1 Å². The second kappa shape index (κ2) is 5.91. The van der Waals surface area contributed by atoms with Crippen molar-refractivity contribution in [2.24, 2.45) is 4.99 Å². The van der Waals surface area contributed by atoms with Crippen molar-refractivity contribution in [1.82, 2.24) is 0 Å². The summed E-state index contributed by atoms with van der Waals surface area (Å²) in [7, 11) is 0. The molecule has 0 aliphatic carbocycles. The first-order valence-electron chi connectivity index (χ1n) is 5.90. The molecule has 0 aromatic heterocycles. The Hall–Kier alpha value is -1.78. The van der Waals surface area contributed by atoms with Gasteiger partial charge in [-0.05, 0) is 43.2 Å². The number of aryl methyl sites for hydroxylation is 1. The lowest BCUT2D eigenvalue weighted by atomic mass is 10.1. The maximum Gasteiger partial charge on any atom is 0.186 e. The van der Waals surface area contributed by atoms with Gasteiger partial charge in [0.05, 0.1) is 10.6 Å². The summed E-state index contributed by atoms with van der Waals surface area (Å²) in [6.07, 6.45) is 0. The van der Waals surface area contributed by atoms with Crippen LogP contribution in [0.4, 0.5) is 5.69 Å². The molecule has 0 amide bonds. The van der Waals surface area contributed by atoms with Gasteiger partial charge in [-0.2, -0.15) is 0 Å². The molecular formula is C15H15NO2S. The number of hydrogen-bond donors (Lipinski definition) is 1. The monoisotopic (exact) mass is 273 g/mol. The number of hydrogen-bond acceptors (Lipinski definition) is 2. The smallest absolute Gasteiger partial charge is 0.186 e. The first-order chi connectivity index (χ1) is 9.08. The Balaban J connectivity index is 2.31. The zero-order valence-corrected chi connectivity index (χ0v) is 11.6. The maximum atomic E-state index is 10.9. The molecule has 2 rings (SSSR count). The van der Waals surface area contributed by atoms with E-state index >= 15 is 0 Å². The highest BCUT2D eigenvalue weighted by Gasteiger charge is 2.02. The van der Waals surface area contributed by atoms with Crippen molar-refractivity contribution in [3.05, 3.63) is 59.7 Å². The maximum absolute atomic E-state index is 10.9. The molecule has 1 N–H and O–H groups in total. The minimum atomic E-state index is -1.93. The van der Waals surface area contributed by atoms with E-state index in [2.05, 4.69) is 4.99 Å². The van der Waals surface area contributed by atoms with Gasteiger partial charge in [0.25, 0.3) is 0 Å². The molecule has 0 bridgehead atoms. The van der Waals surface area contributed by atoms with Gasteiger partial charge in [-0.15, -0.1) is 0 Å². The Morgan fingerprint density at radius 2 is 1.74 bits per heavy atom. The van der Waals surface area contributed by atoms with E-state index in [1.807, 2.05) is 38.1 Å². The second-order valence-electron chi connectivity index (χ2n) is 4.26. The summed E-state index contributed by atoms with van der Waals surface area (Å²) in [6, 6.07) is 14.8. The number of nitrogens with zero attached hydrogens (tertiary/aromatic N) is 1. The lowest BCUT2D eigenvalue weighted by Crippen LogP contribution is -1.95. The second-order valence-corrected chi connectivity index (χ2v) is 5.23. The molecule has 0 saturated carbocycles. The fourth-order valence-electron chi connectivity index (χ4n) is 1.75. The summed E-state index contributed by atoms with van der Waals surface area (Å²) >= 11 is -1.93. The highest BCUT2D eigenvalue weighted by Crippen LogP contribution is 2.19. The Kier molecular flexibility index (Phi) is 4.24. The van der Waals surface area contributed by atoms with E-state index in [0.29, 0.717) is 4.90 Å². The fraction of sp³-hybridized carbons (Fsp3) is 0.133. The molecule has 98 valence electrons. The van der Waals surface area contributed by atoms with Crippen LogP contribution >= 0.6 is 0 Å². The van der Waals surface area contributed by atoms with Crippen LogP contribution in [0.5, 0.6) is 0 Å². The highest BCUT2D eigenvalue weighted by molar-refractivity contribution is 7.79. The summed E-state index contributed by atoms with van der Waals surface area (Å²) in [6.45, 7) is 3.95. The van der Waals surface area contributed by atoms with Gasteiger partial charge in [0, 0.05) is 5.71 Å². The number of rotatable bonds is 3. The third-order valence-electron chi connectivity index (χ3n) is 2.88. The average Bonchev–Trinajstić information content (AvgIpc) is 2.41. The molecule has 2 aromatic carbocycles. The fourth-order valence-corrected chi connectivity index (χ4v) is 2.12. The van der Waals surface area contributed by atoms with Gasteiger partial charge in [0.2, 0.25) is 0 Å². The quantitative estimate of drug-likeness (QED) is 0.684. The van der Waals surface area contributed by atoms with Crippen LogP contribution in [0.2, 0.25) is 0 Å². The summed E-state index contributed by atoms with van der Waals surface area (Å²) in [5, 5.41) is 0. The van der Waals surface area contributed by atoms with Crippen molar-refractivity contribution < 1.29 is 8.76 Å². The van der Waals surface area contributed by atoms with Gasteiger partial charge in [-0.3, -0.25) is 4.99 Å². The van der Waals surface area contributed by atoms with Gasteiger partial charge < -0.3 is 4.55 Å². The first kappa shape index (κ1) is 13.6. The van der Waals surface area contributed by atoms with Crippen molar-refractivity contribution in [2.45, 2.75) is 18.7 Å². The van der Waals surface area contributed by atoms with E-state index in [1.54, 1.807) is 24.3 Å². The summed E-state index contributed by atoms with van der Waals surface area (Å²) in [5.41, 5.74) is 3.88. The highest BCUT2D eigenvalue weighted by atomic mass is 32.2. The zero-order chi connectivity index (χ0) is 13.8. The van der Waals surface area contributed by atoms with E-state index in [0.717, 1.165) is 22.5 Å². The van der Waals surface area contributed by atoms with Gasteiger partial charge >= 0.3 is 0 Å². The molecule has 0 aliphatic heterocycles. The molecule has 2 aromatic rings. The normalized spacial score (nSPS) is 13.3. The summed E-state index contributed by atoms with van der Waals surface area (Å²) in [5.74, 6) is 0. The Morgan fingerprint density at radius 3 is 2.32 bits per heavy atom. The Bertz CT molecular complexity index is 633. The molecule has 0 fully saturated rings. The summed E-state index contributed by atoms with van der Waals surface area (Å²) in [4.78, 5) is 4.98. The van der Waals surface area contributed by atoms with Crippen LogP contribution in [0.3, 0.4) is 0 Å². The van der Waals surface area contributed by atoms with E-state index in [9.17, 15) is 4.21 Å². The molecule has 19 heavy (non-hydrogen) atoms. The van der Waals surface area contributed by atoms with Crippen LogP contribution in [-0.4, -0.2) is 14.5 Å². The minimum Gasteiger partial charge on any atom is -0.302 e. The van der Waals surface area contributed by atoms with Crippen molar-refractivity contribution >= 4 is 22.5 Å². The number of para-hydroxylation sites is 1. The van der Waals surface area contributed by atoms with Crippen molar-refractivity contribution in [3.63, 3.8) is 0 Å². The lowest BCUT2D eigenvalue weighted by molar-refractivity contribution is 0.564. The summed E-state index contributed by atoms with van der Waals surface area (Å²) < 4.78 is 19.9. The number of benzene rings is 2. The predicted molar refractivity (Wildman–Crippen MR) is 78.5 cm³/mol. The standard InChI is InChI=1S/C15H15NO2S/c1-11-5-3-4-6-15(11)16-12(2)13-7-9-14(10-8-13)19(17)18/h3-10H,1-2H3,(H,17,18)/b16-12+. The van der Waals surface area contributed by atoms with Crippen LogP contribution in [0.1, 0.15) is 18.1 Å². The van der Waals surface area contributed by atoms with Crippen LogP contribution < -0.4 is 0 Å². The SMILES string of the molecule is C/C(=N\c1ccccc1C)c1ccc(S(=O)O)cc1. The Morgan fingerprint density at radius 1 is 1.11 bits per heavy atom. The third kappa shape index (κ3) is 3.36. The van der Waals surface area contributed by atoms with Gasteiger partial charge in [-0.25, -0.2) is 4.21 Å². The van der Waals surface area contributed by atoms with Crippen molar-refractivity contribution in [1.29, 1.82) is 0 Å². The number of aliphatic imine (C=N–C) groups is 1. The molecule has 0 aliphatic rings. The van der Waals surface area contributed by atoms with E-state index in [4.69, 9.17) is 4.55 Å². The molecular weight excluding hydrogens is 258 g/mol. The van der Waals surface area contributed by atoms with Crippen molar-refractivity contribution in [2.75, 3.05) is 0 Å². The van der Waals surface area contributed by atoms with Crippen molar-refractivity contribution in [3.8, 4) is 0 Å². The first-order valence-corrected chi connectivity index (χ1v) is 7.01. The van der Waals surface area contributed by atoms with Gasteiger partial charge in [0.1, 0.15) is 0 Å². The van der Waals surface area contributed by atoms with E-state index in [-0.39, 0.29) is 0 Å². The Labute approximate surface area is 115 Å². The molecule has 1 unspecified atom stereocenters. The predicted octanol–water partition coefficient (Wildman–Crippen LogP) is 3.72. The molecule has 0 heterocycles. The van der Waals surface area contributed by atoms with Gasteiger partial charge in [-0.1, -0.05) is 30.3 Å². The topological polar surface area (TPSA) is 49.7 Å². The largest absolute Gasteiger partial charge is 0.302 e. The van der Waals surface area contributed by atoms with Crippen LogP contribution in [0.25, 0.3) is 0 Å². The molecule has 0 radical (unpaired) electrons. The third-order valence-corrected chi connectivity index (χ3v) is 3.55. The van der Waals surface area contributed by atoms with E-state index in [1.165, 1.54) is 0 Å². The molecule has 3 nitrogen and oxygen atoms in total. The van der Waals surface area contributed by atoms with Crippen LogP contribution in [0, 0.1) is 6.92 Å². The lowest BCUT2D eigenvalue weighted by Gasteiger charge is -2.04. The average molecular weight is 273 g/mol. The zero-order valence-electron chi connectivity index (χ0n) is 10.8. The van der Waals surface area contributed by atoms with E-state index < -0.39 is 11.1 Å². The van der Waals surface area contributed by atoms with Crippen LogP contribution in [0.15, 0.2) is 58.4 Å².